The first-order valence-electron chi connectivity index (χ1n) is 6.19. The van der Waals surface area contributed by atoms with E-state index in [2.05, 4.69) is 24.2 Å². The molecule has 0 aromatic heterocycles. The number of hydrogen-bond acceptors (Lipinski definition) is 2. The molecule has 0 radical (unpaired) electrons. The zero-order chi connectivity index (χ0) is 9.97. The van der Waals surface area contributed by atoms with E-state index >= 15 is 0 Å². The highest BCUT2D eigenvalue weighted by molar-refractivity contribution is 4.85. The minimum Gasteiger partial charge on any atom is -0.313 e. The van der Waals surface area contributed by atoms with Gasteiger partial charge in [-0.1, -0.05) is 19.8 Å². The summed E-state index contributed by atoms with van der Waals surface area (Å²) in [6.07, 6.45) is 5.92. The molecule has 0 aromatic carbocycles. The summed E-state index contributed by atoms with van der Waals surface area (Å²) in [5.41, 5.74) is 0. The van der Waals surface area contributed by atoms with Crippen molar-refractivity contribution in [2.45, 2.75) is 38.6 Å². The summed E-state index contributed by atoms with van der Waals surface area (Å²) < 4.78 is 0. The molecule has 1 saturated heterocycles. The van der Waals surface area contributed by atoms with Gasteiger partial charge in [-0.25, -0.2) is 0 Å². The molecule has 2 nitrogen and oxygen atoms in total. The predicted molar refractivity (Wildman–Crippen MR) is 60.4 cm³/mol. The van der Waals surface area contributed by atoms with Gasteiger partial charge in [0.25, 0.3) is 0 Å². The highest BCUT2D eigenvalue weighted by atomic mass is 15.1. The third-order valence-corrected chi connectivity index (χ3v) is 3.58. The van der Waals surface area contributed by atoms with Crippen LogP contribution < -0.4 is 5.32 Å². The van der Waals surface area contributed by atoms with Crippen molar-refractivity contribution < 1.29 is 0 Å². The van der Waals surface area contributed by atoms with Crippen LogP contribution in [0.4, 0.5) is 0 Å². The second kappa shape index (κ2) is 4.63. The Morgan fingerprint density at radius 3 is 2.64 bits per heavy atom. The number of likely N-dealkylation sites (tertiary alicyclic amines) is 1. The predicted octanol–water partition coefficient (Wildman–Crippen LogP) is 1.72. The Hall–Kier alpha value is -0.0800. The lowest BCUT2D eigenvalue weighted by molar-refractivity contribution is 0.160. The van der Waals surface area contributed by atoms with Crippen molar-refractivity contribution in [3.05, 3.63) is 0 Å². The van der Waals surface area contributed by atoms with Gasteiger partial charge in [-0.15, -0.1) is 0 Å². The summed E-state index contributed by atoms with van der Waals surface area (Å²) in [6, 6.07) is 0.752. The molecule has 2 fully saturated rings. The second-order valence-corrected chi connectivity index (χ2v) is 5.26. The van der Waals surface area contributed by atoms with Crippen LogP contribution in [-0.2, 0) is 0 Å². The number of nitrogens with zero attached hydrogens (tertiary/aromatic N) is 1. The fraction of sp³-hybridized carbons (Fsp3) is 1.00. The van der Waals surface area contributed by atoms with E-state index in [0.29, 0.717) is 0 Å². The second-order valence-electron chi connectivity index (χ2n) is 5.26. The van der Waals surface area contributed by atoms with Gasteiger partial charge < -0.3 is 10.2 Å². The minimum atomic E-state index is 0.752. The van der Waals surface area contributed by atoms with Crippen LogP contribution in [0.25, 0.3) is 0 Å². The molecule has 2 atom stereocenters. The van der Waals surface area contributed by atoms with Crippen LogP contribution in [-0.4, -0.2) is 37.6 Å². The number of likely N-dealkylation sites (N-methyl/N-ethyl adjacent to an activating group) is 2. The topological polar surface area (TPSA) is 15.3 Å². The standard InChI is InChI=1S/C12H24N2/c1-3-13-12-7-11(6-10-4-5-10)8-14(2)9-12/h10-13H,3-9H2,1-2H3. The summed E-state index contributed by atoms with van der Waals surface area (Å²) in [7, 11) is 2.27. The molecule has 1 aliphatic carbocycles. The van der Waals surface area contributed by atoms with Gasteiger partial charge in [-0.2, -0.15) is 0 Å². The quantitative estimate of drug-likeness (QED) is 0.736. The number of rotatable bonds is 4. The molecule has 0 spiro atoms. The van der Waals surface area contributed by atoms with Crippen molar-refractivity contribution in [2.75, 3.05) is 26.7 Å². The van der Waals surface area contributed by atoms with Gasteiger partial charge in [0.2, 0.25) is 0 Å². The highest BCUT2D eigenvalue weighted by Crippen LogP contribution is 2.37. The summed E-state index contributed by atoms with van der Waals surface area (Å²) in [4.78, 5) is 2.50. The summed E-state index contributed by atoms with van der Waals surface area (Å²) >= 11 is 0. The Bertz CT molecular complexity index is 175. The zero-order valence-electron chi connectivity index (χ0n) is 9.63. The van der Waals surface area contributed by atoms with Gasteiger partial charge in [0.1, 0.15) is 0 Å². The molecule has 0 aromatic rings. The van der Waals surface area contributed by atoms with Crippen LogP contribution in [0.1, 0.15) is 32.6 Å². The lowest BCUT2D eigenvalue weighted by atomic mass is 9.90. The summed E-state index contributed by atoms with van der Waals surface area (Å²) in [5, 5.41) is 3.60. The molecule has 14 heavy (non-hydrogen) atoms. The van der Waals surface area contributed by atoms with E-state index in [1.54, 1.807) is 0 Å². The Balaban J connectivity index is 1.78. The van der Waals surface area contributed by atoms with E-state index in [-0.39, 0.29) is 0 Å². The lowest BCUT2D eigenvalue weighted by Gasteiger charge is -2.36. The van der Waals surface area contributed by atoms with E-state index < -0.39 is 0 Å². The monoisotopic (exact) mass is 196 g/mol. The SMILES string of the molecule is CCNC1CC(CC2CC2)CN(C)C1. The lowest BCUT2D eigenvalue weighted by Crippen LogP contribution is -2.47. The first-order chi connectivity index (χ1) is 6.78. The van der Waals surface area contributed by atoms with Crippen LogP contribution >= 0.6 is 0 Å². The summed E-state index contributed by atoms with van der Waals surface area (Å²) in [6.45, 7) is 5.91. The molecule has 1 N–H and O–H groups in total. The van der Waals surface area contributed by atoms with Gasteiger partial charge in [0.15, 0.2) is 0 Å². The van der Waals surface area contributed by atoms with Crippen molar-refractivity contribution in [1.82, 2.24) is 10.2 Å². The van der Waals surface area contributed by atoms with E-state index in [9.17, 15) is 0 Å². The largest absolute Gasteiger partial charge is 0.313 e. The number of piperidine rings is 1. The molecular weight excluding hydrogens is 172 g/mol. The molecule has 0 bridgehead atoms. The molecule has 1 saturated carbocycles. The Labute approximate surface area is 88.1 Å². The molecule has 2 rings (SSSR count). The fourth-order valence-corrected chi connectivity index (χ4v) is 2.88. The molecule has 1 heterocycles. The molecule has 0 amide bonds. The van der Waals surface area contributed by atoms with Gasteiger partial charge in [0.05, 0.1) is 0 Å². The minimum absolute atomic E-state index is 0.752. The van der Waals surface area contributed by atoms with Crippen LogP contribution in [0.5, 0.6) is 0 Å². The maximum atomic E-state index is 3.60. The van der Waals surface area contributed by atoms with E-state index in [1.807, 2.05) is 0 Å². The van der Waals surface area contributed by atoms with Gasteiger partial charge in [-0.3, -0.25) is 0 Å². The Morgan fingerprint density at radius 1 is 1.21 bits per heavy atom. The van der Waals surface area contributed by atoms with Crippen molar-refractivity contribution in [3.8, 4) is 0 Å². The first-order valence-corrected chi connectivity index (χ1v) is 6.19. The third kappa shape index (κ3) is 2.96. The van der Waals surface area contributed by atoms with Crippen molar-refractivity contribution >= 4 is 0 Å². The van der Waals surface area contributed by atoms with Crippen LogP contribution in [0.15, 0.2) is 0 Å². The number of nitrogens with one attached hydrogen (secondary N) is 1. The van der Waals surface area contributed by atoms with E-state index in [0.717, 1.165) is 24.4 Å². The zero-order valence-corrected chi connectivity index (χ0v) is 9.63. The molecule has 2 unspecified atom stereocenters. The van der Waals surface area contributed by atoms with E-state index in [4.69, 9.17) is 0 Å². The first kappa shape index (κ1) is 10.4. The fourth-order valence-electron chi connectivity index (χ4n) is 2.88. The van der Waals surface area contributed by atoms with Crippen LogP contribution in [0.3, 0.4) is 0 Å². The Morgan fingerprint density at radius 2 is 2.00 bits per heavy atom. The molecular formula is C12H24N2. The van der Waals surface area contributed by atoms with Crippen LogP contribution in [0.2, 0.25) is 0 Å². The molecule has 82 valence electrons. The van der Waals surface area contributed by atoms with Crippen LogP contribution in [0, 0.1) is 11.8 Å². The third-order valence-electron chi connectivity index (χ3n) is 3.58. The summed E-state index contributed by atoms with van der Waals surface area (Å²) in [5.74, 6) is 2.05. The normalized spacial score (nSPS) is 34.7. The molecule has 2 aliphatic rings. The van der Waals surface area contributed by atoms with Gasteiger partial charge in [0, 0.05) is 19.1 Å². The van der Waals surface area contributed by atoms with Gasteiger partial charge >= 0.3 is 0 Å². The highest BCUT2D eigenvalue weighted by Gasteiger charge is 2.30. The van der Waals surface area contributed by atoms with E-state index in [1.165, 1.54) is 38.8 Å². The average Bonchev–Trinajstić information content (AvgIpc) is 2.87. The maximum absolute atomic E-state index is 3.60. The van der Waals surface area contributed by atoms with Crippen molar-refractivity contribution in [3.63, 3.8) is 0 Å². The van der Waals surface area contributed by atoms with Gasteiger partial charge in [-0.05, 0) is 38.3 Å². The maximum Gasteiger partial charge on any atom is 0.0197 e. The smallest absolute Gasteiger partial charge is 0.0197 e. The number of hydrogen-bond donors (Lipinski definition) is 1. The van der Waals surface area contributed by atoms with Crippen molar-refractivity contribution in [2.24, 2.45) is 11.8 Å². The molecule has 1 aliphatic heterocycles. The van der Waals surface area contributed by atoms with Crippen molar-refractivity contribution in [1.29, 1.82) is 0 Å². The Kier molecular flexibility index (Phi) is 3.45. The molecule has 2 heteroatoms. The average molecular weight is 196 g/mol.